The number of carbonyl (C=O) groups is 1. The van der Waals surface area contributed by atoms with Gasteiger partial charge in [-0.2, -0.15) is 13.2 Å². The van der Waals surface area contributed by atoms with E-state index in [4.69, 9.17) is 4.74 Å². The van der Waals surface area contributed by atoms with Crippen LogP contribution in [0.15, 0.2) is 54.6 Å². The molecule has 144 valence electrons. The molecule has 0 saturated carbocycles. The summed E-state index contributed by atoms with van der Waals surface area (Å²) in [6.45, 7) is 1.73. The molecule has 1 aliphatic rings. The average molecular weight is 377 g/mol. The predicted molar refractivity (Wildman–Crippen MR) is 96.6 cm³/mol. The van der Waals surface area contributed by atoms with E-state index in [0.29, 0.717) is 19.8 Å². The predicted octanol–water partition coefficient (Wildman–Crippen LogP) is 4.57. The fourth-order valence-electron chi connectivity index (χ4n) is 3.53. The molecule has 0 bridgehead atoms. The van der Waals surface area contributed by atoms with Gasteiger partial charge in [-0.05, 0) is 49.1 Å². The summed E-state index contributed by atoms with van der Waals surface area (Å²) in [5.74, 6) is -0.371. The lowest BCUT2D eigenvalue weighted by Crippen LogP contribution is -2.41. The highest BCUT2D eigenvalue weighted by Crippen LogP contribution is 2.34. The van der Waals surface area contributed by atoms with Gasteiger partial charge in [0, 0.05) is 30.7 Å². The molecule has 0 unspecified atom stereocenters. The smallest absolute Gasteiger partial charge is 0.381 e. The van der Waals surface area contributed by atoms with Crippen molar-refractivity contribution in [2.24, 2.45) is 0 Å². The number of carbonyl (C=O) groups excluding carboxylic acids is 1. The molecule has 0 aliphatic carbocycles. The molecular formula is C21H22F3NO2. The fourth-order valence-corrected chi connectivity index (χ4v) is 3.53. The highest BCUT2D eigenvalue weighted by atomic mass is 19.4. The summed E-state index contributed by atoms with van der Waals surface area (Å²) in [5.41, 5.74) is 0.360. The molecule has 1 aliphatic heterocycles. The van der Waals surface area contributed by atoms with Crippen molar-refractivity contribution in [2.75, 3.05) is 19.8 Å². The molecule has 6 heteroatoms. The van der Waals surface area contributed by atoms with Crippen LogP contribution < -0.4 is 5.32 Å². The second-order valence-corrected chi connectivity index (χ2v) is 6.87. The molecule has 0 radical (unpaired) electrons. The first-order chi connectivity index (χ1) is 12.9. The first-order valence-electron chi connectivity index (χ1n) is 8.99. The summed E-state index contributed by atoms with van der Waals surface area (Å²) in [6, 6.07) is 14.3. The molecule has 27 heavy (non-hydrogen) atoms. The molecule has 3 nitrogen and oxygen atoms in total. The van der Waals surface area contributed by atoms with Gasteiger partial charge in [-0.15, -0.1) is 0 Å². The van der Waals surface area contributed by atoms with Crippen molar-refractivity contribution in [3.05, 3.63) is 71.3 Å². The van der Waals surface area contributed by atoms with Gasteiger partial charge < -0.3 is 10.1 Å². The highest BCUT2D eigenvalue weighted by Gasteiger charge is 2.34. The van der Waals surface area contributed by atoms with E-state index < -0.39 is 11.7 Å². The van der Waals surface area contributed by atoms with Gasteiger partial charge in [0.1, 0.15) is 0 Å². The first-order valence-corrected chi connectivity index (χ1v) is 8.99. The topological polar surface area (TPSA) is 38.3 Å². The van der Waals surface area contributed by atoms with E-state index in [1.54, 1.807) is 0 Å². The van der Waals surface area contributed by atoms with Crippen molar-refractivity contribution in [3.63, 3.8) is 0 Å². The monoisotopic (exact) mass is 377 g/mol. The van der Waals surface area contributed by atoms with Gasteiger partial charge in [-0.25, -0.2) is 0 Å². The van der Waals surface area contributed by atoms with Crippen LogP contribution in [0, 0.1) is 0 Å². The molecule has 1 atom stereocenters. The van der Waals surface area contributed by atoms with E-state index >= 15 is 0 Å². The van der Waals surface area contributed by atoms with E-state index in [1.165, 1.54) is 12.1 Å². The second kappa shape index (κ2) is 8.13. The number of ether oxygens (including phenoxy) is 1. The SMILES string of the molecule is O=C(NC[C@]1(c2ccccc2)CCCOCC1)c1ccc(C(F)(F)F)cc1. The minimum absolute atomic E-state index is 0.219. The van der Waals surface area contributed by atoms with Gasteiger partial charge in [0.05, 0.1) is 5.56 Å². The number of nitrogens with one attached hydrogen (secondary N) is 1. The molecule has 1 amide bonds. The van der Waals surface area contributed by atoms with Crippen molar-refractivity contribution < 1.29 is 22.7 Å². The van der Waals surface area contributed by atoms with Crippen molar-refractivity contribution >= 4 is 5.91 Å². The summed E-state index contributed by atoms with van der Waals surface area (Å²) < 4.78 is 43.6. The Morgan fingerprint density at radius 2 is 1.70 bits per heavy atom. The lowest BCUT2D eigenvalue weighted by molar-refractivity contribution is -0.137. The minimum Gasteiger partial charge on any atom is -0.381 e. The zero-order chi connectivity index (χ0) is 19.3. The van der Waals surface area contributed by atoms with Crippen LogP contribution >= 0.6 is 0 Å². The van der Waals surface area contributed by atoms with E-state index in [0.717, 1.165) is 37.0 Å². The van der Waals surface area contributed by atoms with Gasteiger partial charge in [0.2, 0.25) is 0 Å². The van der Waals surface area contributed by atoms with E-state index in [2.05, 4.69) is 17.4 Å². The lowest BCUT2D eigenvalue weighted by Gasteiger charge is -2.33. The molecule has 0 aromatic heterocycles. The van der Waals surface area contributed by atoms with Crippen molar-refractivity contribution in [1.82, 2.24) is 5.32 Å². The number of benzene rings is 2. The summed E-state index contributed by atoms with van der Waals surface area (Å²) in [6.07, 6.45) is -1.85. The Morgan fingerprint density at radius 3 is 2.37 bits per heavy atom. The Labute approximate surface area is 156 Å². The molecule has 3 rings (SSSR count). The third-order valence-electron chi connectivity index (χ3n) is 5.12. The van der Waals surface area contributed by atoms with Gasteiger partial charge in [-0.3, -0.25) is 4.79 Å². The largest absolute Gasteiger partial charge is 0.416 e. The normalized spacial score (nSPS) is 20.7. The van der Waals surface area contributed by atoms with E-state index in [9.17, 15) is 18.0 Å². The van der Waals surface area contributed by atoms with Crippen LogP contribution in [0.4, 0.5) is 13.2 Å². The molecule has 2 aromatic carbocycles. The molecule has 0 spiro atoms. The summed E-state index contributed by atoms with van der Waals surface area (Å²) in [7, 11) is 0. The molecule has 1 fully saturated rings. The van der Waals surface area contributed by atoms with Crippen LogP contribution in [-0.4, -0.2) is 25.7 Å². The van der Waals surface area contributed by atoms with E-state index in [1.807, 2.05) is 18.2 Å². The molecular weight excluding hydrogens is 355 g/mol. The zero-order valence-corrected chi connectivity index (χ0v) is 14.9. The zero-order valence-electron chi connectivity index (χ0n) is 14.9. The third kappa shape index (κ3) is 4.69. The quantitative estimate of drug-likeness (QED) is 0.847. The summed E-state index contributed by atoms with van der Waals surface area (Å²) in [5, 5.41) is 2.92. The van der Waals surface area contributed by atoms with Crippen LogP contribution in [0.5, 0.6) is 0 Å². The van der Waals surface area contributed by atoms with Crippen molar-refractivity contribution in [2.45, 2.75) is 30.9 Å². The van der Waals surface area contributed by atoms with Crippen molar-refractivity contribution in [3.8, 4) is 0 Å². The standard InChI is InChI=1S/C21H22F3NO2/c22-21(23,24)18-9-7-16(8-10-18)19(26)25-15-20(11-4-13-27-14-12-20)17-5-2-1-3-6-17/h1-3,5-10H,4,11-15H2,(H,25,26)/t20-/m0/s1. The van der Waals surface area contributed by atoms with E-state index in [-0.39, 0.29) is 16.9 Å². The van der Waals surface area contributed by atoms with Crippen molar-refractivity contribution in [1.29, 1.82) is 0 Å². The Bertz CT molecular complexity index is 749. The maximum absolute atomic E-state index is 12.7. The number of alkyl halides is 3. The van der Waals surface area contributed by atoms with Gasteiger partial charge >= 0.3 is 6.18 Å². The Hall–Kier alpha value is -2.34. The van der Waals surface area contributed by atoms with Crippen LogP contribution in [0.2, 0.25) is 0 Å². The summed E-state index contributed by atoms with van der Waals surface area (Å²) in [4.78, 5) is 12.5. The number of amides is 1. The van der Waals surface area contributed by atoms with Gasteiger partial charge in [0.25, 0.3) is 5.91 Å². The van der Waals surface area contributed by atoms with Crippen LogP contribution in [0.3, 0.4) is 0 Å². The van der Waals surface area contributed by atoms with Gasteiger partial charge in [-0.1, -0.05) is 30.3 Å². The summed E-state index contributed by atoms with van der Waals surface area (Å²) >= 11 is 0. The van der Waals surface area contributed by atoms with Crippen LogP contribution in [0.1, 0.15) is 40.7 Å². The lowest BCUT2D eigenvalue weighted by atomic mass is 9.74. The Kier molecular flexibility index (Phi) is 5.85. The maximum Gasteiger partial charge on any atom is 0.416 e. The fraction of sp³-hybridized carbons (Fsp3) is 0.381. The average Bonchev–Trinajstić information content (AvgIpc) is 2.93. The highest BCUT2D eigenvalue weighted by molar-refractivity contribution is 5.94. The molecule has 1 heterocycles. The molecule has 2 aromatic rings. The molecule has 1 saturated heterocycles. The number of hydrogen-bond donors (Lipinski definition) is 1. The van der Waals surface area contributed by atoms with Gasteiger partial charge in [0.15, 0.2) is 0 Å². The third-order valence-corrected chi connectivity index (χ3v) is 5.12. The second-order valence-electron chi connectivity index (χ2n) is 6.87. The minimum atomic E-state index is -4.41. The Balaban J connectivity index is 1.74. The number of hydrogen-bond acceptors (Lipinski definition) is 2. The van der Waals surface area contributed by atoms with Crippen LogP contribution in [0.25, 0.3) is 0 Å². The maximum atomic E-state index is 12.7. The number of halogens is 3. The first kappa shape index (κ1) is 19.4. The molecule has 1 N–H and O–H groups in total. The van der Waals surface area contributed by atoms with Crippen LogP contribution in [-0.2, 0) is 16.3 Å². The number of rotatable bonds is 4. The Morgan fingerprint density at radius 1 is 1.00 bits per heavy atom.